The van der Waals surface area contributed by atoms with Crippen LogP contribution < -0.4 is 0 Å². The molecule has 0 saturated heterocycles. The molecule has 0 aliphatic rings. The first-order valence-electron chi connectivity index (χ1n) is 5.02. The average Bonchev–Trinajstić information content (AvgIpc) is 2.33. The minimum Gasteiger partial charge on any atom is -0.207 e. The van der Waals surface area contributed by atoms with E-state index in [1.807, 2.05) is 36.4 Å². The number of hydrogen-bond acceptors (Lipinski definition) is 1. The molecule has 0 aliphatic carbocycles. The van der Waals surface area contributed by atoms with Gasteiger partial charge in [0.05, 0.1) is 12.5 Å². The SMILES string of the molecule is N#CCc1cc(-c2ccccc2)ccc1F. The van der Waals surface area contributed by atoms with E-state index in [0.29, 0.717) is 5.56 Å². The summed E-state index contributed by atoms with van der Waals surface area (Å²) < 4.78 is 13.3. The summed E-state index contributed by atoms with van der Waals surface area (Å²) >= 11 is 0. The number of rotatable bonds is 2. The predicted molar refractivity (Wildman–Crippen MR) is 61.2 cm³/mol. The van der Waals surface area contributed by atoms with E-state index >= 15 is 0 Å². The van der Waals surface area contributed by atoms with Gasteiger partial charge in [0.1, 0.15) is 5.82 Å². The minimum absolute atomic E-state index is 0.104. The summed E-state index contributed by atoms with van der Waals surface area (Å²) in [6.07, 6.45) is 0.104. The Labute approximate surface area is 93.8 Å². The van der Waals surface area contributed by atoms with Crippen LogP contribution in [0.25, 0.3) is 11.1 Å². The molecule has 0 heterocycles. The van der Waals surface area contributed by atoms with E-state index in [-0.39, 0.29) is 12.2 Å². The predicted octanol–water partition coefficient (Wildman–Crippen LogP) is 3.56. The summed E-state index contributed by atoms with van der Waals surface area (Å²) in [5.41, 5.74) is 2.41. The van der Waals surface area contributed by atoms with Gasteiger partial charge in [0.25, 0.3) is 0 Å². The van der Waals surface area contributed by atoms with Crippen LogP contribution >= 0.6 is 0 Å². The lowest BCUT2D eigenvalue weighted by atomic mass is 10.0. The van der Waals surface area contributed by atoms with Gasteiger partial charge in [-0.25, -0.2) is 4.39 Å². The molecule has 0 aromatic heterocycles. The molecule has 0 fully saturated rings. The molecule has 2 aromatic carbocycles. The highest BCUT2D eigenvalue weighted by molar-refractivity contribution is 5.64. The summed E-state index contributed by atoms with van der Waals surface area (Å²) in [6.45, 7) is 0. The summed E-state index contributed by atoms with van der Waals surface area (Å²) in [6, 6.07) is 16.6. The zero-order valence-corrected chi connectivity index (χ0v) is 8.65. The summed E-state index contributed by atoms with van der Waals surface area (Å²) in [5.74, 6) is -0.318. The second-order valence-electron chi connectivity index (χ2n) is 3.51. The van der Waals surface area contributed by atoms with Crippen molar-refractivity contribution in [3.63, 3.8) is 0 Å². The standard InChI is InChI=1S/C14H10FN/c15-14-7-6-12(10-13(14)8-9-16)11-4-2-1-3-5-11/h1-7,10H,8H2. The number of halogens is 1. The van der Waals surface area contributed by atoms with Crippen LogP contribution in [0.1, 0.15) is 5.56 Å². The first kappa shape index (κ1) is 10.4. The molecule has 0 bridgehead atoms. The maximum atomic E-state index is 13.3. The van der Waals surface area contributed by atoms with Crippen LogP contribution in [0.5, 0.6) is 0 Å². The van der Waals surface area contributed by atoms with E-state index in [9.17, 15) is 4.39 Å². The Morgan fingerprint density at radius 3 is 2.44 bits per heavy atom. The molecular weight excluding hydrogens is 201 g/mol. The van der Waals surface area contributed by atoms with E-state index in [1.165, 1.54) is 6.07 Å². The van der Waals surface area contributed by atoms with Gasteiger partial charge >= 0.3 is 0 Å². The van der Waals surface area contributed by atoms with E-state index in [1.54, 1.807) is 12.1 Å². The molecule has 1 nitrogen and oxygen atoms in total. The van der Waals surface area contributed by atoms with E-state index < -0.39 is 0 Å². The van der Waals surface area contributed by atoms with E-state index in [4.69, 9.17) is 5.26 Å². The van der Waals surface area contributed by atoms with Crippen molar-refractivity contribution in [3.05, 3.63) is 59.9 Å². The summed E-state index contributed by atoms with van der Waals surface area (Å²) in [5, 5.41) is 8.59. The molecule has 2 heteroatoms. The Morgan fingerprint density at radius 1 is 1.00 bits per heavy atom. The molecule has 0 radical (unpaired) electrons. The van der Waals surface area contributed by atoms with Gasteiger partial charge in [0.15, 0.2) is 0 Å². The lowest BCUT2D eigenvalue weighted by molar-refractivity contribution is 0.615. The van der Waals surface area contributed by atoms with Crippen LogP contribution in [0.3, 0.4) is 0 Å². The largest absolute Gasteiger partial charge is 0.207 e. The molecule has 0 unspecified atom stereocenters. The van der Waals surface area contributed by atoms with Crippen molar-refractivity contribution in [1.82, 2.24) is 0 Å². The second-order valence-corrected chi connectivity index (χ2v) is 3.51. The van der Waals surface area contributed by atoms with E-state index in [0.717, 1.165) is 11.1 Å². The third kappa shape index (κ3) is 2.09. The highest BCUT2D eigenvalue weighted by Gasteiger charge is 2.04. The zero-order chi connectivity index (χ0) is 11.4. The molecule has 0 aliphatic heterocycles. The number of nitrogens with zero attached hydrogens (tertiary/aromatic N) is 1. The van der Waals surface area contributed by atoms with Gasteiger partial charge in [0, 0.05) is 5.56 Å². The van der Waals surface area contributed by atoms with Crippen molar-refractivity contribution < 1.29 is 4.39 Å². The molecular formula is C14H10FN. The second kappa shape index (κ2) is 4.59. The lowest BCUT2D eigenvalue weighted by Crippen LogP contribution is -1.89. The topological polar surface area (TPSA) is 23.8 Å². The van der Waals surface area contributed by atoms with Crippen molar-refractivity contribution in [1.29, 1.82) is 5.26 Å². The van der Waals surface area contributed by atoms with Crippen LogP contribution in [-0.2, 0) is 6.42 Å². The summed E-state index contributed by atoms with van der Waals surface area (Å²) in [4.78, 5) is 0. The normalized spacial score (nSPS) is 9.75. The van der Waals surface area contributed by atoms with Crippen LogP contribution in [0.15, 0.2) is 48.5 Å². The van der Waals surface area contributed by atoms with Crippen molar-refractivity contribution in [3.8, 4) is 17.2 Å². The molecule has 0 spiro atoms. The molecule has 2 rings (SSSR count). The third-order valence-electron chi connectivity index (χ3n) is 2.42. The minimum atomic E-state index is -0.318. The quantitative estimate of drug-likeness (QED) is 0.745. The maximum absolute atomic E-state index is 13.3. The Morgan fingerprint density at radius 2 is 1.75 bits per heavy atom. The summed E-state index contributed by atoms with van der Waals surface area (Å²) in [7, 11) is 0. The zero-order valence-electron chi connectivity index (χ0n) is 8.65. The number of benzene rings is 2. The van der Waals surface area contributed by atoms with Crippen molar-refractivity contribution >= 4 is 0 Å². The van der Waals surface area contributed by atoms with Gasteiger partial charge in [-0.3, -0.25) is 0 Å². The maximum Gasteiger partial charge on any atom is 0.127 e. The Kier molecular flexibility index (Phi) is 2.98. The fraction of sp³-hybridized carbons (Fsp3) is 0.0714. The first-order chi connectivity index (χ1) is 7.81. The van der Waals surface area contributed by atoms with Crippen molar-refractivity contribution in [2.45, 2.75) is 6.42 Å². The first-order valence-corrected chi connectivity index (χ1v) is 5.02. The molecule has 78 valence electrons. The van der Waals surface area contributed by atoms with Crippen LogP contribution in [-0.4, -0.2) is 0 Å². The van der Waals surface area contributed by atoms with Gasteiger partial charge in [0.2, 0.25) is 0 Å². The lowest BCUT2D eigenvalue weighted by Gasteiger charge is -2.04. The van der Waals surface area contributed by atoms with Crippen LogP contribution in [0.4, 0.5) is 4.39 Å². The highest BCUT2D eigenvalue weighted by atomic mass is 19.1. The van der Waals surface area contributed by atoms with Gasteiger partial charge in [-0.1, -0.05) is 36.4 Å². The molecule has 2 aromatic rings. The van der Waals surface area contributed by atoms with Crippen molar-refractivity contribution in [2.24, 2.45) is 0 Å². The third-order valence-corrected chi connectivity index (χ3v) is 2.42. The van der Waals surface area contributed by atoms with Gasteiger partial charge in [-0.05, 0) is 23.3 Å². The van der Waals surface area contributed by atoms with Gasteiger partial charge < -0.3 is 0 Å². The van der Waals surface area contributed by atoms with E-state index in [2.05, 4.69) is 0 Å². The molecule has 0 N–H and O–H groups in total. The molecule has 0 amide bonds. The Balaban J connectivity index is 2.45. The smallest absolute Gasteiger partial charge is 0.127 e. The van der Waals surface area contributed by atoms with Gasteiger partial charge in [-0.2, -0.15) is 5.26 Å². The highest BCUT2D eigenvalue weighted by Crippen LogP contribution is 2.21. The molecule has 0 saturated carbocycles. The Hall–Kier alpha value is -2.14. The fourth-order valence-corrected chi connectivity index (χ4v) is 1.61. The number of hydrogen-bond donors (Lipinski definition) is 0. The van der Waals surface area contributed by atoms with Crippen LogP contribution in [0.2, 0.25) is 0 Å². The average molecular weight is 211 g/mol. The molecule has 0 atom stereocenters. The monoisotopic (exact) mass is 211 g/mol. The van der Waals surface area contributed by atoms with Crippen molar-refractivity contribution in [2.75, 3.05) is 0 Å². The van der Waals surface area contributed by atoms with Crippen LogP contribution in [0, 0.1) is 17.1 Å². The van der Waals surface area contributed by atoms with Gasteiger partial charge in [-0.15, -0.1) is 0 Å². The molecule has 16 heavy (non-hydrogen) atoms. The number of nitriles is 1. The fourth-order valence-electron chi connectivity index (χ4n) is 1.61. The Bertz CT molecular complexity index is 526.